The van der Waals surface area contributed by atoms with Gasteiger partial charge in [-0.2, -0.15) is 0 Å². The van der Waals surface area contributed by atoms with Crippen molar-refractivity contribution in [3.05, 3.63) is 41.5 Å². The molecule has 0 N–H and O–H groups in total. The highest BCUT2D eigenvalue weighted by molar-refractivity contribution is 6.21. The van der Waals surface area contributed by atoms with Crippen LogP contribution in [0.1, 0.15) is 52.7 Å². The Bertz CT molecular complexity index is 489. The second kappa shape index (κ2) is 5.38. The third-order valence-electron chi connectivity index (χ3n) is 3.57. The van der Waals surface area contributed by atoms with Crippen LogP contribution < -0.4 is 0 Å². The van der Waals surface area contributed by atoms with E-state index in [4.69, 9.17) is 8.85 Å². The van der Waals surface area contributed by atoms with Crippen molar-refractivity contribution in [1.29, 1.82) is 0 Å². The van der Waals surface area contributed by atoms with Crippen molar-refractivity contribution >= 4 is 15.8 Å². The van der Waals surface area contributed by atoms with E-state index in [0.29, 0.717) is 0 Å². The molecule has 110 valence electrons. The number of rotatable bonds is 1. The minimum absolute atomic E-state index is 0.105. The smallest absolute Gasteiger partial charge is 0.0887 e. The Morgan fingerprint density at radius 3 is 2.05 bits per heavy atom. The standard InChI is InChI=1S/C17H25O2Si/c1-16(2,3)13-9-7-12(8-10-13)14-11-15(17(4,5)6)19-20-18-14/h7-11,15,20H,1-6H3/q-1. The molecule has 20 heavy (non-hydrogen) atoms. The lowest BCUT2D eigenvalue weighted by atomic mass is 9.86. The molecule has 0 amide bonds. The Hall–Kier alpha value is -1.06. The first-order chi connectivity index (χ1) is 9.18. The SMILES string of the molecule is CC(C)(C)c1ccc(C2=CC(C(C)(C)C)O[SiH-]O2)cc1. The first kappa shape index (κ1) is 15.3. The lowest BCUT2D eigenvalue weighted by molar-refractivity contribution is 0.104. The highest BCUT2D eigenvalue weighted by Crippen LogP contribution is 2.31. The first-order valence-electron chi connectivity index (χ1n) is 7.14. The molecular weight excluding hydrogens is 264 g/mol. The molecule has 0 radical (unpaired) electrons. The van der Waals surface area contributed by atoms with Gasteiger partial charge in [0.15, 0.2) is 0 Å². The predicted molar refractivity (Wildman–Crippen MR) is 85.7 cm³/mol. The zero-order chi connectivity index (χ0) is 15.0. The van der Waals surface area contributed by atoms with E-state index in [1.54, 1.807) is 0 Å². The summed E-state index contributed by atoms with van der Waals surface area (Å²) in [5.74, 6) is 0.964. The van der Waals surface area contributed by atoms with E-state index in [9.17, 15) is 0 Å². The van der Waals surface area contributed by atoms with Gasteiger partial charge in [0.2, 0.25) is 0 Å². The zero-order valence-electron chi connectivity index (χ0n) is 13.4. The summed E-state index contributed by atoms with van der Waals surface area (Å²) in [6.07, 6.45) is 2.24. The van der Waals surface area contributed by atoms with Crippen LogP contribution >= 0.6 is 0 Å². The summed E-state index contributed by atoms with van der Waals surface area (Å²) in [6, 6.07) is 8.68. The third kappa shape index (κ3) is 3.52. The summed E-state index contributed by atoms with van der Waals surface area (Å²) < 4.78 is 11.5. The molecule has 0 fully saturated rings. The van der Waals surface area contributed by atoms with Gasteiger partial charge in [0, 0.05) is 11.7 Å². The molecule has 1 aliphatic rings. The number of benzene rings is 1. The molecule has 1 atom stereocenters. The van der Waals surface area contributed by atoms with Crippen LogP contribution in [0.2, 0.25) is 0 Å². The van der Waals surface area contributed by atoms with Gasteiger partial charge in [-0.1, -0.05) is 65.8 Å². The molecule has 0 aromatic heterocycles. The highest BCUT2D eigenvalue weighted by Gasteiger charge is 2.23. The third-order valence-corrected chi connectivity index (χ3v) is 4.32. The van der Waals surface area contributed by atoms with E-state index >= 15 is 0 Å². The molecule has 0 bridgehead atoms. The van der Waals surface area contributed by atoms with Crippen LogP contribution in [0.3, 0.4) is 0 Å². The lowest BCUT2D eigenvalue weighted by Gasteiger charge is -2.39. The molecule has 0 spiro atoms. The minimum Gasteiger partial charge on any atom is -0.688 e. The molecule has 1 aliphatic heterocycles. The highest BCUT2D eigenvalue weighted by atomic mass is 28.3. The number of hydrogen-bond acceptors (Lipinski definition) is 2. The second-order valence-electron chi connectivity index (χ2n) is 7.50. The van der Waals surface area contributed by atoms with Crippen molar-refractivity contribution in [2.75, 3.05) is 0 Å². The fourth-order valence-electron chi connectivity index (χ4n) is 2.11. The molecule has 1 aromatic carbocycles. The van der Waals surface area contributed by atoms with E-state index < -0.39 is 10.0 Å². The van der Waals surface area contributed by atoms with Crippen LogP contribution in [0.5, 0.6) is 0 Å². The molecule has 0 saturated heterocycles. The first-order valence-corrected chi connectivity index (χ1v) is 8.09. The minimum atomic E-state index is -0.418. The Morgan fingerprint density at radius 1 is 0.950 bits per heavy atom. The molecular formula is C17H25O2Si-. The average Bonchev–Trinajstić information content (AvgIpc) is 2.37. The molecule has 1 unspecified atom stereocenters. The van der Waals surface area contributed by atoms with Gasteiger partial charge in [0.1, 0.15) is 0 Å². The molecule has 3 heteroatoms. The van der Waals surface area contributed by atoms with Crippen LogP contribution in [0.25, 0.3) is 5.76 Å². The van der Waals surface area contributed by atoms with Crippen molar-refractivity contribution in [2.24, 2.45) is 5.41 Å². The molecule has 1 aromatic rings. The van der Waals surface area contributed by atoms with Crippen LogP contribution in [0, 0.1) is 5.41 Å². The van der Waals surface area contributed by atoms with Gasteiger partial charge in [-0.15, -0.1) is 0 Å². The summed E-state index contributed by atoms with van der Waals surface area (Å²) in [5, 5.41) is 0. The van der Waals surface area contributed by atoms with E-state index in [1.165, 1.54) is 5.56 Å². The van der Waals surface area contributed by atoms with Crippen molar-refractivity contribution in [1.82, 2.24) is 0 Å². The van der Waals surface area contributed by atoms with Gasteiger partial charge in [-0.3, -0.25) is 0 Å². The molecule has 0 saturated carbocycles. The maximum Gasteiger partial charge on any atom is 0.0887 e. The largest absolute Gasteiger partial charge is 0.688 e. The van der Waals surface area contributed by atoms with Crippen LogP contribution in [-0.2, 0) is 14.3 Å². The van der Waals surface area contributed by atoms with Crippen LogP contribution in [-0.4, -0.2) is 16.1 Å². The molecule has 1 heterocycles. The Labute approximate surface area is 125 Å². The topological polar surface area (TPSA) is 18.5 Å². The predicted octanol–water partition coefficient (Wildman–Crippen LogP) is 4.05. The quantitative estimate of drug-likeness (QED) is 0.726. The summed E-state index contributed by atoms with van der Waals surface area (Å²) >= 11 is 0. The normalized spacial score (nSPS) is 20.3. The summed E-state index contributed by atoms with van der Waals surface area (Å²) in [7, 11) is -0.418. The fourth-order valence-corrected chi connectivity index (χ4v) is 3.09. The van der Waals surface area contributed by atoms with Crippen molar-refractivity contribution in [2.45, 2.75) is 53.1 Å². The zero-order valence-corrected chi connectivity index (χ0v) is 14.5. The molecule has 2 nitrogen and oxygen atoms in total. The molecule has 0 aliphatic carbocycles. The van der Waals surface area contributed by atoms with E-state index in [1.807, 2.05) is 0 Å². The van der Waals surface area contributed by atoms with Crippen molar-refractivity contribution in [3.8, 4) is 0 Å². The Kier molecular flexibility index (Phi) is 4.12. The maximum absolute atomic E-state index is 5.76. The van der Waals surface area contributed by atoms with Gasteiger partial charge in [-0.05, 0) is 22.5 Å². The summed E-state index contributed by atoms with van der Waals surface area (Å²) in [4.78, 5) is 0. The van der Waals surface area contributed by atoms with Crippen molar-refractivity contribution in [3.63, 3.8) is 0 Å². The Morgan fingerprint density at radius 2 is 1.55 bits per heavy atom. The second-order valence-corrected chi connectivity index (χ2v) is 8.20. The van der Waals surface area contributed by atoms with Crippen LogP contribution in [0.4, 0.5) is 0 Å². The fraction of sp³-hybridized carbons (Fsp3) is 0.529. The van der Waals surface area contributed by atoms with E-state index in [-0.39, 0.29) is 16.9 Å². The van der Waals surface area contributed by atoms with E-state index in [0.717, 1.165) is 11.3 Å². The summed E-state index contributed by atoms with van der Waals surface area (Å²) in [5.41, 5.74) is 2.77. The average molecular weight is 289 g/mol. The Balaban J connectivity index is 2.25. The van der Waals surface area contributed by atoms with Crippen LogP contribution in [0.15, 0.2) is 30.3 Å². The van der Waals surface area contributed by atoms with Gasteiger partial charge >= 0.3 is 0 Å². The van der Waals surface area contributed by atoms with Gasteiger partial charge in [0.25, 0.3) is 0 Å². The molecule has 2 rings (SSSR count). The van der Waals surface area contributed by atoms with Gasteiger partial charge in [-0.25, -0.2) is 0 Å². The van der Waals surface area contributed by atoms with E-state index in [2.05, 4.69) is 71.9 Å². The number of hydrogen-bond donors (Lipinski definition) is 0. The van der Waals surface area contributed by atoms with Gasteiger partial charge in [0.05, 0.1) is 15.8 Å². The van der Waals surface area contributed by atoms with Crippen molar-refractivity contribution < 1.29 is 8.85 Å². The monoisotopic (exact) mass is 289 g/mol. The lowest BCUT2D eigenvalue weighted by Crippen LogP contribution is -2.32. The van der Waals surface area contributed by atoms with Gasteiger partial charge < -0.3 is 8.85 Å². The maximum atomic E-state index is 5.76. The summed E-state index contributed by atoms with van der Waals surface area (Å²) in [6.45, 7) is 13.3.